The highest BCUT2D eigenvalue weighted by Crippen LogP contribution is 2.38. The molecule has 0 saturated heterocycles. The fourth-order valence-electron chi connectivity index (χ4n) is 2.52. The van der Waals surface area contributed by atoms with Crippen molar-refractivity contribution >= 4 is 48.9 Å². The van der Waals surface area contributed by atoms with Gasteiger partial charge in [-0.25, -0.2) is 9.78 Å². The molecule has 3 aromatic heterocycles. The quantitative estimate of drug-likeness (QED) is 0.487. The Labute approximate surface area is 151 Å². The molecular weight excluding hydrogens is 360 g/mol. The molecule has 0 atom stereocenters. The van der Waals surface area contributed by atoms with E-state index in [1.165, 1.54) is 0 Å². The molecule has 0 saturated carbocycles. The van der Waals surface area contributed by atoms with Crippen LogP contribution in [0, 0.1) is 13.8 Å². The molecule has 0 amide bonds. The van der Waals surface area contributed by atoms with Gasteiger partial charge >= 0.3 is 5.97 Å². The van der Waals surface area contributed by atoms with Gasteiger partial charge in [-0.1, -0.05) is 5.16 Å². The number of aromatic nitrogens is 2. The van der Waals surface area contributed by atoms with Gasteiger partial charge in [0.1, 0.15) is 23.8 Å². The number of esters is 1. The van der Waals surface area contributed by atoms with Crippen molar-refractivity contribution in [1.82, 2.24) is 10.1 Å². The Morgan fingerprint density at radius 2 is 2.20 bits per heavy atom. The van der Waals surface area contributed by atoms with Crippen molar-refractivity contribution in [2.75, 3.05) is 6.61 Å². The molecule has 4 rings (SSSR count). The van der Waals surface area contributed by atoms with Gasteiger partial charge < -0.3 is 14.0 Å². The predicted molar refractivity (Wildman–Crippen MR) is 96.3 cm³/mol. The van der Waals surface area contributed by atoms with Gasteiger partial charge in [0.15, 0.2) is 6.61 Å². The van der Waals surface area contributed by atoms with Crippen LogP contribution in [0.3, 0.4) is 0 Å². The van der Waals surface area contributed by atoms with Crippen LogP contribution < -0.4 is 4.74 Å². The lowest BCUT2D eigenvalue weighted by atomic mass is 10.2. The van der Waals surface area contributed by atoms with Crippen molar-refractivity contribution in [1.29, 1.82) is 0 Å². The SMILES string of the molecule is Cc1cc(COC(=O)COc2cc3sc(C)nc3c3sccc23)no1. The Balaban J connectivity index is 1.48. The first-order valence-electron chi connectivity index (χ1n) is 7.58. The third kappa shape index (κ3) is 3.22. The topological polar surface area (TPSA) is 74.5 Å². The Morgan fingerprint density at radius 1 is 1.32 bits per heavy atom. The third-order valence-electron chi connectivity index (χ3n) is 3.57. The summed E-state index contributed by atoms with van der Waals surface area (Å²) < 4.78 is 17.9. The van der Waals surface area contributed by atoms with Crippen molar-refractivity contribution in [3.05, 3.63) is 40.0 Å². The maximum Gasteiger partial charge on any atom is 0.344 e. The van der Waals surface area contributed by atoms with Crippen LogP contribution >= 0.6 is 22.7 Å². The molecule has 6 nitrogen and oxygen atoms in total. The van der Waals surface area contributed by atoms with Gasteiger partial charge in [0.2, 0.25) is 0 Å². The summed E-state index contributed by atoms with van der Waals surface area (Å²) in [6.45, 7) is 3.67. The lowest BCUT2D eigenvalue weighted by Crippen LogP contribution is -2.14. The first-order chi connectivity index (χ1) is 12.1. The van der Waals surface area contributed by atoms with E-state index in [1.807, 2.05) is 24.4 Å². The molecule has 0 aliphatic rings. The predicted octanol–water partition coefficient (Wildman–Crippen LogP) is 4.24. The molecule has 0 bridgehead atoms. The summed E-state index contributed by atoms with van der Waals surface area (Å²) in [7, 11) is 0. The average Bonchev–Trinajstić information content (AvgIpc) is 3.29. The van der Waals surface area contributed by atoms with Gasteiger partial charge in [0.05, 0.1) is 19.9 Å². The van der Waals surface area contributed by atoms with Crippen LogP contribution in [0.4, 0.5) is 0 Å². The van der Waals surface area contributed by atoms with Crippen LogP contribution in [0.25, 0.3) is 20.3 Å². The number of carbonyl (C=O) groups excluding carboxylic acids is 1. The first kappa shape index (κ1) is 16.0. The Kier molecular flexibility index (Phi) is 4.14. The fourth-order valence-corrected chi connectivity index (χ4v) is 4.36. The van der Waals surface area contributed by atoms with Crippen LogP contribution in [0.2, 0.25) is 0 Å². The Bertz CT molecular complexity index is 1060. The molecule has 1 aromatic carbocycles. The normalized spacial score (nSPS) is 11.3. The molecule has 25 heavy (non-hydrogen) atoms. The Hall–Kier alpha value is -2.45. The number of aryl methyl sites for hydroxylation is 2. The number of hydrogen-bond acceptors (Lipinski definition) is 8. The van der Waals surface area contributed by atoms with Crippen molar-refractivity contribution in [3.63, 3.8) is 0 Å². The molecule has 0 fully saturated rings. The van der Waals surface area contributed by atoms with E-state index < -0.39 is 5.97 Å². The summed E-state index contributed by atoms with van der Waals surface area (Å²) in [4.78, 5) is 16.5. The number of rotatable bonds is 5. The van der Waals surface area contributed by atoms with E-state index >= 15 is 0 Å². The zero-order valence-electron chi connectivity index (χ0n) is 13.6. The summed E-state index contributed by atoms with van der Waals surface area (Å²) >= 11 is 3.23. The van der Waals surface area contributed by atoms with Gasteiger partial charge in [-0.15, -0.1) is 22.7 Å². The van der Waals surface area contributed by atoms with E-state index in [0.717, 1.165) is 25.3 Å². The van der Waals surface area contributed by atoms with Crippen molar-refractivity contribution in [3.8, 4) is 5.75 Å². The van der Waals surface area contributed by atoms with Crippen molar-refractivity contribution in [2.45, 2.75) is 20.5 Å². The van der Waals surface area contributed by atoms with Gasteiger partial charge in [-0.3, -0.25) is 0 Å². The lowest BCUT2D eigenvalue weighted by Gasteiger charge is -2.07. The number of benzene rings is 1. The minimum atomic E-state index is -0.454. The maximum absolute atomic E-state index is 11.9. The number of thiazole rings is 1. The lowest BCUT2D eigenvalue weighted by molar-refractivity contribution is -0.147. The largest absolute Gasteiger partial charge is 0.481 e. The number of nitrogens with zero attached hydrogens (tertiary/aromatic N) is 2. The number of thiophene rings is 1. The van der Waals surface area contributed by atoms with Crippen LogP contribution in [0.5, 0.6) is 5.75 Å². The minimum absolute atomic E-state index is 0.0699. The van der Waals surface area contributed by atoms with Crippen molar-refractivity contribution in [2.24, 2.45) is 0 Å². The van der Waals surface area contributed by atoms with E-state index in [0.29, 0.717) is 17.2 Å². The number of carbonyl (C=O) groups is 1. The second kappa shape index (κ2) is 6.45. The summed E-state index contributed by atoms with van der Waals surface area (Å²) in [6, 6.07) is 5.64. The number of fused-ring (bicyclic) bond motifs is 3. The zero-order chi connectivity index (χ0) is 17.4. The molecule has 3 heterocycles. The second-order valence-corrected chi connectivity index (χ2v) is 7.65. The van der Waals surface area contributed by atoms with E-state index in [-0.39, 0.29) is 13.2 Å². The Morgan fingerprint density at radius 3 is 3.00 bits per heavy atom. The molecule has 0 aliphatic heterocycles. The minimum Gasteiger partial charge on any atom is -0.481 e. The molecule has 4 aromatic rings. The van der Waals surface area contributed by atoms with Gasteiger partial charge in [0, 0.05) is 17.5 Å². The highest BCUT2D eigenvalue weighted by Gasteiger charge is 2.14. The standard InChI is InChI=1S/C17H14N2O4S2/c1-9-5-11(19-23-9)7-22-15(20)8-21-13-6-14-16(18-10(2)25-14)17-12(13)3-4-24-17/h3-6H,7-8H2,1-2H3. The van der Waals surface area contributed by atoms with E-state index in [1.54, 1.807) is 35.7 Å². The van der Waals surface area contributed by atoms with E-state index in [2.05, 4.69) is 10.1 Å². The van der Waals surface area contributed by atoms with Crippen LogP contribution in [-0.4, -0.2) is 22.7 Å². The fraction of sp³-hybridized carbons (Fsp3) is 0.235. The molecule has 0 N–H and O–H groups in total. The second-order valence-electron chi connectivity index (χ2n) is 5.50. The molecule has 0 spiro atoms. The molecule has 8 heteroatoms. The van der Waals surface area contributed by atoms with Gasteiger partial charge in [-0.2, -0.15) is 0 Å². The molecule has 0 aliphatic carbocycles. The monoisotopic (exact) mass is 374 g/mol. The number of ether oxygens (including phenoxy) is 2. The molecular formula is C17H14N2O4S2. The third-order valence-corrected chi connectivity index (χ3v) is 5.41. The summed E-state index contributed by atoms with van der Waals surface area (Å²) in [5.74, 6) is 0.890. The van der Waals surface area contributed by atoms with Gasteiger partial charge in [0.25, 0.3) is 0 Å². The highest BCUT2D eigenvalue weighted by molar-refractivity contribution is 7.21. The average molecular weight is 374 g/mol. The van der Waals surface area contributed by atoms with Crippen molar-refractivity contribution < 1.29 is 18.8 Å². The number of hydrogen-bond donors (Lipinski definition) is 0. The summed E-state index contributed by atoms with van der Waals surface area (Å²) in [5, 5.41) is 7.74. The maximum atomic E-state index is 11.9. The van der Waals surface area contributed by atoms with E-state index in [9.17, 15) is 4.79 Å². The van der Waals surface area contributed by atoms with Crippen LogP contribution in [-0.2, 0) is 16.1 Å². The molecule has 0 radical (unpaired) electrons. The zero-order valence-corrected chi connectivity index (χ0v) is 15.2. The first-order valence-corrected chi connectivity index (χ1v) is 9.28. The summed E-state index contributed by atoms with van der Waals surface area (Å²) in [5.41, 5.74) is 1.57. The molecule has 0 unspecified atom stereocenters. The van der Waals surface area contributed by atoms with Gasteiger partial charge in [-0.05, 0) is 25.3 Å². The van der Waals surface area contributed by atoms with Crippen LogP contribution in [0.1, 0.15) is 16.5 Å². The molecule has 128 valence electrons. The smallest absolute Gasteiger partial charge is 0.344 e. The van der Waals surface area contributed by atoms with Crippen LogP contribution in [0.15, 0.2) is 28.1 Å². The van der Waals surface area contributed by atoms with E-state index in [4.69, 9.17) is 14.0 Å². The highest BCUT2D eigenvalue weighted by atomic mass is 32.1. The summed E-state index contributed by atoms with van der Waals surface area (Å²) in [6.07, 6.45) is 0.